The molecule has 0 atom stereocenters. The van der Waals surface area contributed by atoms with Gasteiger partial charge in [-0.15, -0.1) is 0 Å². The van der Waals surface area contributed by atoms with Gasteiger partial charge in [-0.2, -0.15) is 0 Å². The van der Waals surface area contributed by atoms with Gasteiger partial charge >= 0.3 is 0 Å². The molecule has 0 aliphatic heterocycles. The van der Waals surface area contributed by atoms with Crippen LogP contribution >= 0.6 is 0 Å². The van der Waals surface area contributed by atoms with E-state index in [1.54, 1.807) is 0 Å². The van der Waals surface area contributed by atoms with Crippen molar-refractivity contribution in [3.05, 3.63) is 71.8 Å². The molecule has 0 saturated heterocycles. The predicted octanol–water partition coefficient (Wildman–Crippen LogP) is 3.43. The van der Waals surface area contributed by atoms with Crippen molar-refractivity contribution in [2.75, 3.05) is 13.2 Å². The second-order valence-electron chi connectivity index (χ2n) is 7.04. The molecule has 0 amide bonds. The van der Waals surface area contributed by atoms with E-state index in [2.05, 4.69) is 48.3 Å². The summed E-state index contributed by atoms with van der Waals surface area (Å²) >= 11 is 0. The van der Waals surface area contributed by atoms with Gasteiger partial charge in [0.05, 0.1) is 13.1 Å². The lowest BCUT2D eigenvalue weighted by molar-refractivity contribution is -0.140. The van der Waals surface area contributed by atoms with Crippen molar-refractivity contribution in [3.8, 4) is 0 Å². The number of aromatic nitrogens is 4. The van der Waals surface area contributed by atoms with E-state index in [-0.39, 0.29) is 6.29 Å². The van der Waals surface area contributed by atoms with Gasteiger partial charge in [-0.05, 0) is 19.4 Å². The normalized spacial score (nSPS) is 11.7. The number of benzene rings is 1. The molecule has 0 fully saturated rings. The van der Waals surface area contributed by atoms with Crippen molar-refractivity contribution in [1.82, 2.24) is 24.0 Å². The van der Waals surface area contributed by atoms with Crippen LogP contribution in [0.15, 0.2) is 49.1 Å². The first-order chi connectivity index (χ1) is 14.1. The Hall–Kier alpha value is -2.48. The van der Waals surface area contributed by atoms with Crippen LogP contribution in [0.2, 0.25) is 0 Å². The zero-order chi connectivity index (χ0) is 20.6. The monoisotopic (exact) mass is 397 g/mol. The maximum absolute atomic E-state index is 5.70. The largest absolute Gasteiger partial charge is 0.349 e. The molecule has 0 aliphatic rings. The van der Waals surface area contributed by atoms with Crippen LogP contribution in [0.3, 0.4) is 0 Å². The van der Waals surface area contributed by atoms with Gasteiger partial charge in [0.1, 0.15) is 11.6 Å². The highest BCUT2D eigenvalue weighted by molar-refractivity contribution is 5.23. The molecule has 0 saturated carbocycles. The molecule has 2 heterocycles. The number of nitrogens with zero attached hydrogens (tertiary/aromatic N) is 5. The maximum Gasteiger partial charge on any atom is 0.183 e. The molecular weight excluding hydrogens is 366 g/mol. The Bertz CT molecular complexity index is 823. The first-order valence-electron chi connectivity index (χ1n) is 10.1. The molecule has 3 rings (SSSR count). The molecule has 0 N–H and O–H groups in total. The van der Waals surface area contributed by atoms with Gasteiger partial charge < -0.3 is 18.6 Å². The van der Waals surface area contributed by atoms with E-state index in [9.17, 15) is 0 Å². The summed E-state index contributed by atoms with van der Waals surface area (Å²) in [5.41, 5.74) is 2.26. The summed E-state index contributed by atoms with van der Waals surface area (Å²) in [6.45, 7) is 7.49. The summed E-state index contributed by atoms with van der Waals surface area (Å²) in [5, 5.41) is 0. The summed E-state index contributed by atoms with van der Waals surface area (Å²) < 4.78 is 15.5. The van der Waals surface area contributed by atoms with Crippen molar-refractivity contribution < 1.29 is 9.47 Å². The zero-order valence-electron chi connectivity index (χ0n) is 17.8. The zero-order valence-corrected chi connectivity index (χ0v) is 17.8. The molecule has 7 nitrogen and oxygen atoms in total. The average Bonchev–Trinajstić information content (AvgIpc) is 3.30. The highest BCUT2D eigenvalue weighted by Crippen LogP contribution is 2.20. The first-order valence-corrected chi connectivity index (χ1v) is 10.1. The fourth-order valence-corrected chi connectivity index (χ4v) is 3.25. The smallest absolute Gasteiger partial charge is 0.183 e. The Labute approximate surface area is 172 Å². The lowest BCUT2D eigenvalue weighted by Gasteiger charge is -2.22. The number of hydrogen-bond donors (Lipinski definition) is 0. The molecule has 156 valence electrons. The molecule has 29 heavy (non-hydrogen) atoms. The Kier molecular flexibility index (Phi) is 7.57. The number of aryl methyl sites for hydroxylation is 2. The van der Waals surface area contributed by atoms with E-state index in [0.29, 0.717) is 13.2 Å². The van der Waals surface area contributed by atoms with Gasteiger partial charge in [-0.1, -0.05) is 24.3 Å². The van der Waals surface area contributed by atoms with Crippen molar-refractivity contribution in [2.45, 2.75) is 39.8 Å². The molecule has 0 bridgehead atoms. The second-order valence-corrected chi connectivity index (χ2v) is 7.04. The Balaban J connectivity index is 1.74. The number of rotatable bonds is 11. The third-order valence-corrected chi connectivity index (χ3v) is 4.87. The summed E-state index contributed by atoms with van der Waals surface area (Å²) in [5.74, 6) is 2.06. The fourth-order valence-electron chi connectivity index (χ4n) is 3.25. The van der Waals surface area contributed by atoms with Crippen LogP contribution in [0, 0.1) is 0 Å². The summed E-state index contributed by atoms with van der Waals surface area (Å²) in [6.07, 6.45) is 7.32. The molecule has 3 aromatic rings. The van der Waals surface area contributed by atoms with Crippen molar-refractivity contribution in [2.24, 2.45) is 14.1 Å². The fraction of sp³-hybridized carbons (Fsp3) is 0.455. The summed E-state index contributed by atoms with van der Waals surface area (Å²) in [6, 6.07) is 8.46. The lowest BCUT2D eigenvalue weighted by Crippen LogP contribution is -2.25. The molecule has 7 heteroatoms. The van der Waals surface area contributed by atoms with Crippen LogP contribution in [0.5, 0.6) is 0 Å². The molecule has 0 spiro atoms. The van der Waals surface area contributed by atoms with E-state index < -0.39 is 0 Å². The van der Waals surface area contributed by atoms with Crippen LogP contribution in [-0.4, -0.2) is 37.2 Å². The highest BCUT2D eigenvalue weighted by atomic mass is 16.7. The predicted molar refractivity (Wildman–Crippen MR) is 112 cm³/mol. The van der Waals surface area contributed by atoms with E-state index in [0.717, 1.165) is 36.8 Å². The van der Waals surface area contributed by atoms with E-state index in [1.165, 1.54) is 5.56 Å². The molecule has 0 unspecified atom stereocenters. The van der Waals surface area contributed by atoms with Crippen LogP contribution in [-0.2, 0) is 43.2 Å². The van der Waals surface area contributed by atoms with Crippen LogP contribution in [0.1, 0.15) is 42.9 Å². The van der Waals surface area contributed by atoms with Gasteiger partial charge in [0.15, 0.2) is 6.29 Å². The third-order valence-electron chi connectivity index (χ3n) is 4.87. The minimum absolute atomic E-state index is 0.310. The van der Waals surface area contributed by atoms with Gasteiger partial charge in [0, 0.05) is 64.2 Å². The Morgan fingerprint density at radius 1 is 0.828 bits per heavy atom. The number of hydrogen-bond acceptors (Lipinski definition) is 5. The minimum atomic E-state index is -0.310. The van der Waals surface area contributed by atoms with Crippen LogP contribution in [0.4, 0.5) is 0 Å². The lowest BCUT2D eigenvalue weighted by atomic mass is 10.1. The highest BCUT2D eigenvalue weighted by Gasteiger charge is 2.15. The van der Waals surface area contributed by atoms with Gasteiger partial charge in [0.25, 0.3) is 0 Å². The average molecular weight is 398 g/mol. The SMILES string of the molecule is CCOC(OCC)c1ccc(CN(Cc2nccn2C)Cc2nccn2C)cc1. The van der Waals surface area contributed by atoms with Crippen molar-refractivity contribution >= 4 is 0 Å². The Morgan fingerprint density at radius 3 is 1.76 bits per heavy atom. The molecule has 0 aliphatic carbocycles. The minimum Gasteiger partial charge on any atom is -0.349 e. The van der Waals surface area contributed by atoms with Gasteiger partial charge in [0.2, 0.25) is 0 Å². The van der Waals surface area contributed by atoms with E-state index in [1.807, 2.05) is 52.7 Å². The topological polar surface area (TPSA) is 57.3 Å². The van der Waals surface area contributed by atoms with E-state index in [4.69, 9.17) is 9.47 Å². The molecular formula is C22H31N5O2. The second kappa shape index (κ2) is 10.3. The standard InChI is InChI=1S/C22H31N5O2/c1-5-28-22(29-6-2)19-9-7-18(8-10-19)15-27(16-20-23-11-13-25(20)3)17-21-24-12-14-26(21)4/h7-14,22H,5-6,15-17H2,1-4H3. The summed E-state index contributed by atoms with van der Waals surface area (Å²) in [7, 11) is 4.05. The van der Waals surface area contributed by atoms with Crippen LogP contribution < -0.4 is 0 Å². The first kappa shape index (κ1) is 21.2. The molecule has 0 radical (unpaired) electrons. The van der Waals surface area contributed by atoms with Gasteiger partial charge in [-0.3, -0.25) is 4.90 Å². The third kappa shape index (κ3) is 5.76. The van der Waals surface area contributed by atoms with Crippen molar-refractivity contribution in [3.63, 3.8) is 0 Å². The Morgan fingerprint density at radius 2 is 1.34 bits per heavy atom. The van der Waals surface area contributed by atoms with Gasteiger partial charge in [-0.25, -0.2) is 9.97 Å². The number of ether oxygens (including phenoxy) is 2. The van der Waals surface area contributed by atoms with Crippen LogP contribution in [0.25, 0.3) is 0 Å². The van der Waals surface area contributed by atoms with Crippen molar-refractivity contribution in [1.29, 1.82) is 0 Å². The molecule has 1 aromatic carbocycles. The quantitative estimate of drug-likeness (QED) is 0.464. The number of imidazole rings is 2. The van der Waals surface area contributed by atoms with E-state index >= 15 is 0 Å². The summed E-state index contributed by atoms with van der Waals surface area (Å²) in [4.78, 5) is 11.3. The molecule has 2 aromatic heterocycles. The maximum atomic E-state index is 5.70.